The van der Waals surface area contributed by atoms with E-state index in [-0.39, 0.29) is 6.10 Å². The van der Waals surface area contributed by atoms with E-state index < -0.39 is 24.5 Å². The van der Waals surface area contributed by atoms with E-state index in [9.17, 15) is 0 Å². The molecular formula is C28H29NO5S. The van der Waals surface area contributed by atoms with Crippen LogP contribution in [0.1, 0.15) is 16.7 Å². The lowest BCUT2D eigenvalue weighted by molar-refractivity contribution is -0.249. The lowest BCUT2D eigenvalue weighted by Crippen LogP contribution is -2.61. The van der Waals surface area contributed by atoms with E-state index in [0.717, 1.165) is 16.7 Å². The maximum absolute atomic E-state index is 6.45. The van der Waals surface area contributed by atoms with Crippen LogP contribution in [0.25, 0.3) is 0 Å². The Morgan fingerprint density at radius 2 is 1.20 bits per heavy atom. The van der Waals surface area contributed by atoms with E-state index in [1.54, 1.807) is 0 Å². The van der Waals surface area contributed by atoms with Crippen LogP contribution in [0.3, 0.4) is 0 Å². The van der Waals surface area contributed by atoms with Crippen molar-refractivity contribution in [3.8, 4) is 0 Å². The highest BCUT2D eigenvalue weighted by molar-refractivity contribution is 7.80. The summed E-state index contributed by atoms with van der Waals surface area (Å²) in [4.78, 5) is 0. The largest absolute Gasteiger partial charge is 0.460 e. The van der Waals surface area contributed by atoms with E-state index in [2.05, 4.69) is 5.32 Å². The highest BCUT2D eigenvalue weighted by Gasteiger charge is 2.52. The van der Waals surface area contributed by atoms with Gasteiger partial charge in [0.05, 0.1) is 26.4 Å². The molecule has 0 aromatic heterocycles. The zero-order valence-corrected chi connectivity index (χ0v) is 20.1. The Morgan fingerprint density at radius 1 is 0.686 bits per heavy atom. The molecule has 5 atom stereocenters. The minimum Gasteiger partial charge on any atom is -0.460 e. The van der Waals surface area contributed by atoms with Crippen molar-refractivity contribution in [2.24, 2.45) is 0 Å². The first-order chi connectivity index (χ1) is 17.3. The average Bonchev–Trinajstić information content (AvgIpc) is 3.28. The fourth-order valence-corrected chi connectivity index (χ4v) is 4.59. The Balaban J connectivity index is 1.33. The molecular weight excluding hydrogens is 462 g/mol. The van der Waals surface area contributed by atoms with Crippen molar-refractivity contribution in [2.45, 2.75) is 50.5 Å². The minimum absolute atomic E-state index is 0.306. The van der Waals surface area contributed by atoms with Gasteiger partial charge in [-0.15, -0.1) is 0 Å². The molecule has 0 saturated carbocycles. The summed E-state index contributed by atoms with van der Waals surface area (Å²) >= 11 is 5.29. The fraction of sp³-hybridized carbons (Fsp3) is 0.321. The second-order valence-corrected chi connectivity index (χ2v) is 9.00. The molecule has 3 aromatic carbocycles. The second-order valence-electron chi connectivity index (χ2n) is 8.63. The van der Waals surface area contributed by atoms with Crippen LogP contribution in [0.5, 0.6) is 0 Å². The molecule has 35 heavy (non-hydrogen) atoms. The van der Waals surface area contributed by atoms with Gasteiger partial charge in [-0.1, -0.05) is 91.0 Å². The Kier molecular flexibility index (Phi) is 8.03. The number of rotatable bonds is 10. The van der Waals surface area contributed by atoms with Gasteiger partial charge in [-0.2, -0.15) is 0 Å². The molecule has 2 saturated heterocycles. The van der Waals surface area contributed by atoms with E-state index in [4.69, 9.17) is 35.9 Å². The summed E-state index contributed by atoms with van der Waals surface area (Å²) in [5.41, 5.74) is 3.24. The minimum atomic E-state index is -0.426. The third-order valence-electron chi connectivity index (χ3n) is 6.10. The van der Waals surface area contributed by atoms with Crippen LogP contribution in [0, 0.1) is 0 Å². The molecule has 2 fully saturated rings. The topological polar surface area (TPSA) is 58.2 Å². The molecule has 0 unspecified atom stereocenters. The summed E-state index contributed by atoms with van der Waals surface area (Å²) in [5.74, 6) is 0. The van der Waals surface area contributed by atoms with Gasteiger partial charge >= 0.3 is 0 Å². The normalized spacial score (nSPS) is 25.5. The zero-order chi connectivity index (χ0) is 23.9. The summed E-state index contributed by atoms with van der Waals surface area (Å²) in [6.45, 7) is 1.67. The van der Waals surface area contributed by atoms with Gasteiger partial charge in [0.2, 0.25) is 0 Å². The summed E-state index contributed by atoms with van der Waals surface area (Å²) in [6.07, 6.45) is -2.04. The van der Waals surface area contributed by atoms with Gasteiger partial charge in [0.25, 0.3) is 5.17 Å². The summed E-state index contributed by atoms with van der Waals surface area (Å²) in [6, 6.07) is 30.2. The molecule has 182 valence electrons. The van der Waals surface area contributed by atoms with E-state index in [1.165, 1.54) is 0 Å². The van der Waals surface area contributed by atoms with Crippen molar-refractivity contribution in [3.63, 3.8) is 0 Å². The first kappa shape index (κ1) is 23.9. The number of benzene rings is 3. The Bertz CT molecular complexity index is 1070. The van der Waals surface area contributed by atoms with Gasteiger partial charge in [-0.05, 0) is 28.9 Å². The maximum Gasteiger partial charge on any atom is 0.259 e. The molecule has 0 spiro atoms. The lowest BCUT2D eigenvalue weighted by atomic mass is 9.97. The SMILES string of the molecule is S=C1N[C@H]2O[C@H](COCc3ccccc3)[C@@H](OCc3ccccc3)[C@H](OCc3ccccc3)[C@H]2O1. The number of hydrogen-bond acceptors (Lipinski definition) is 6. The molecule has 0 bridgehead atoms. The fourth-order valence-electron chi connectivity index (χ4n) is 4.36. The highest BCUT2D eigenvalue weighted by Crippen LogP contribution is 2.31. The molecule has 2 aliphatic heterocycles. The van der Waals surface area contributed by atoms with Crippen molar-refractivity contribution < 1.29 is 23.7 Å². The second kappa shape index (κ2) is 11.7. The van der Waals surface area contributed by atoms with E-state index >= 15 is 0 Å². The molecule has 1 N–H and O–H groups in total. The van der Waals surface area contributed by atoms with Gasteiger partial charge in [0, 0.05) is 0 Å². The summed E-state index contributed by atoms with van der Waals surface area (Å²) < 4.78 is 31.2. The van der Waals surface area contributed by atoms with Crippen molar-refractivity contribution >= 4 is 17.4 Å². The molecule has 0 radical (unpaired) electrons. The average molecular weight is 492 g/mol. The predicted molar refractivity (Wildman–Crippen MR) is 135 cm³/mol. The van der Waals surface area contributed by atoms with E-state index in [1.807, 2.05) is 91.0 Å². The predicted octanol–water partition coefficient (Wildman–Crippen LogP) is 4.37. The van der Waals surface area contributed by atoms with Crippen LogP contribution in [-0.4, -0.2) is 42.4 Å². The van der Waals surface area contributed by atoms with Gasteiger partial charge in [0.15, 0.2) is 12.3 Å². The highest BCUT2D eigenvalue weighted by atomic mass is 32.1. The van der Waals surface area contributed by atoms with Gasteiger partial charge < -0.3 is 29.0 Å². The molecule has 3 aromatic rings. The van der Waals surface area contributed by atoms with Crippen molar-refractivity contribution in [3.05, 3.63) is 108 Å². The van der Waals surface area contributed by atoms with Crippen LogP contribution in [0.15, 0.2) is 91.0 Å². The van der Waals surface area contributed by atoms with Gasteiger partial charge in [-0.3, -0.25) is 0 Å². The number of ether oxygens (including phenoxy) is 5. The first-order valence-corrected chi connectivity index (χ1v) is 12.2. The Labute approximate surface area is 211 Å². The van der Waals surface area contributed by atoms with Crippen LogP contribution in [0.2, 0.25) is 0 Å². The molecule has 6 nitrogen and oxygen atoms in total. The molecule has 0 aliphatic carbocycles. The molecule has 2 aliphatic rings. The standard InChI is InChI=1S/C28H29NO5S/c35-28-29-27-26(34-28)25(32-18-22-14-8-3-9-15-22)24(31-17-21-12-6-2-7-13-21)23(33-27)19-30-16-20-10-4-1-5-11-20/h1-15,23-27H,16-19H2,(H,29,35)/t23-,24-,25+,26-,27+/m1/s1. The quantitative estimate of drug-likeness (QED) is 0.423. The van der Waals surface area contributed by atoms with Gasteiger partial charge in [-0.25, -0.2) is 0 Å². The van der Waals surface area contributed by atoms with Gasteiger partial charge in [0.1, 0.15) is 18.3 Å². The monoisotopic (exact) mass is 491 g/mol. The molecule has 5 rings (SSSR count). The third kappa shape index (κ3) is 6.25. The molecule has 2 heterocycles. The lowest BCUT2D eigenvalue weighted by Gasteiger charge is -2.42. The van der Waals surface area contributed by atoms with E-state index in [0.29, 0.717) is 31.6 Å². The molecule has 7 heteroatoms. The molecule has 0 amide bonds. The van der Waals surface area contributed by atoms with Crippen molar-refractivity contribution in [2.75, 3.05) is 6.61 Å². The number of nitrogens with one attached hydrogen (secondary N) is 1. The van der Waals surface area contributed by atoms with Crippen LogP contribution < -0.4 is 5.32 Å². The first-order valence-electron chi connectivity index (χ1n) is 11.8. The zero-order valence-electron chi connectivity index (χ0n) is 19.3. The van der Waals surface area contributed by atoms with Crippen LogP contribution >= 0.6 is 12.2 Å². The van der Waals surface area contributed by atoms with Crippen LogP contribution in [0.4, 0.5) is 0 Å². The van der Waals surface area contributed by atoms with Crippen molar-refractivity contribution in [1.82, 2.24) is 5.32 Å². The number of thiocarbonyl (C=S) groups is 1. The summed E-state index contributed by atoms with van der Waals surface area (Å²) in [5, 5.41) is 3.42. The third-order valence-corrected chi connectivity index (χ3v) is 6.32. The maximum atomic E-state index is 6.45. The Hall–Kier alpha value is -2.81. The smallest absolute Gasteiger partial charge is 0.259 e. The number of fused-ring (bicyclic) bond motifs is 1. The van der Waals surface area contributed by atoms with Crippen molar-refractivity contribution in [1.29, 1.82) is 0 Å². The van der Waals surface area contributed by atoms with Crippen LogP contribution in [-0.2, 0) is 43.5 Å². The summed E-state index contributed by atoms with van der Waals surface area (Å²) in [7, 11) is 0. The Morgan fingerprint density at radius 3 is 1.77 bits per heavy atom. The number of hydrogen-bond donors (Lipinski definition) is 1.